The zero-order valence-corrected chi connectivity index (χ0v) is 19.2. The van der Waals surface area contributed by atoms with Crippen molar-refractivity contribution in [2.45, 2.75) is 30.9 Å². The molecular weight excluding hydrogens is 462 g/mol. The van der Waals surface area contributed by atoms with Gasteiger partial charge in [0, 0.05) is 28.8 Å². The number of H-pyrrole nitrogens is 1. The normalized spacial score (nSPS) is 16.0. The number of aromatic nitrogens is 2. The fourth-order valence-corrected chi connectivity index (χ4v) is 4.44. The number of nitrogens with zero attached hydrogens (tertiary/aromatic N) is 1. The maximum absolute atomic E-state index is 12.3. The Labute approximate surface area is 189 Å². The van der Waals surface area contributed by atoms with Crippen LogP contribution in [0.1, 0.15) is 18.4 Å². The topological polar surface area (TPSA) is 67.0 Å². The van der Waals surface area contributed by atoms with Crippen molar-refractivity contribution >= 4 is 33.6 Å². The van der Waals surface area contributed by atoms with E-state index >= 15 is 0 Å². The van der Waals surface area contributed by atoms with Gasteiger partial charge in [-0.2, -0.15) is 0 Å². The number of amides is 1. The van der Waals surface area contributed by atoms with Gasteiger partial charge in [0.05, 0.1) is 17.6 Å². The van der Waals surface area contributed by atoms with E-state index in [9.17, 15) is 4.79 Å². The van der Waals surface area contributed by atoms with Gasteiger partial charge in [-0.1, -0.05) is 69.7 Å². The molecule has 1 aromatic heterocycles. The molecule has 0 saturated carbocycles. The quantitative estimate of drug-likeness (QED) is 0.451. The Kier molecular flexibility index (Phi) is 6.92. The number of aromatic amines is 1. The number of hydrogen-bond acceptors (Lipinski definition) is 4. The number of thioether (sulfide) groups is 1. The molecule has 1 fully saturated rings. The van der Waals surface area contributed by atoms with Crippen LogP contribution in [0.3, 0.4) is 0 Å². The highest BCUT2D eigenvalue weighted by molar-refractivity contribution is 9.10. The lowest BCUT2D eigenvalue weighted by atomic mass is 10.1. The van der Waals surface area contributed by atoms with Crippen LogP contribution in [0.4, 0.5) is 0 Å². The zero-order valence-electron chi connectivity index (χ0n) is 16.8. The third kappa shape index (κ3) is 5.33. The molecule has 1 aliphatic rings. The van der Waals surface area contributed by atoms with Gasteiger partial charge in [-0.05, 0) is 31.9 Å². The predicted molar refractivity (Wildman–Crippen MR) is 125 cm³/mol. The molecule has 1 saturated heterocycles. The summed E-state index contributed by atoms with van der Waals surface area (Å²) in [4.78, 5) is 20.6. The van der Waals surface area contributed by atoms with Gasteiger partial charge in [0.25, 0.3) is 0 Å². The van der Waals surface area contributed by atoms with Crippen molar-refractivity contribution in [2.24, 2.45) is 0 Å². The van der Waals surface area contributed by atoms with Crippen molar-refractivity contribution in [1.29, 1.82) is 0 Å². The summed E-state index contributed by atoms with van der Waals surface area (Å²) in [5, 5.41) is 3.80. The molecule has 7 heteroatoms. The van der Waals surface area contributed by atoms with Gasteiger partial charge in [0.1, 0.15) is 10.9 Å². The lowest BCUT2D eigenvalue weighted by Crippen LogP contribution is -2.32. The number of imidazole rings is 1. The number of carbonyl (C=O) groups is 1. The van der Waals surface area contributed by atoms with E-state index in [1.165, 1.54) is 17.3 Å². The highest BCUT2D eigenvalue weighted by atomic mass is 79.9. The first-order valence-corrected chi connectivity index (χ1v) is 11.8. The van der Waals surface area contributed by atoms with Crippen LogP contribution in [0.15, 0.2) is 58.0 Å². The van der Waals surface area contributed by atoms with Crippen molar-refractivity contribution in [3.05, 3.63) is 58.6 Å². The Hall–Kier alpha value is -2.09. The minimum atomic E-state index is -0.00134. The standard InChI is InChI=1S/C23H24BrN3O2S/c1-15-4-6-16(7-5-15)21-23(27-22(26-21)17-8-10-18(24)11-9-17)30-14-20(28)25-13-19-3-2-12-29-19/h4-11,19H,2-3,12-14H2,1H3,(H,25,28)(H,26,27)/t19-/m0/s1. The summed E-state index contributed by atoms with van der Waals surface area (Å²) in [6.45, 7) is 3.44. The second kappa shape index (κ2) is 9.81. The summed E-state index contributed by atoms with van der Waals surface area (Å²) in [6, 6.07) is 16.3. The van der Waals surface area contributed by atoms with Gasteiger partial charge in [-0.3, -0.25) is 4.79 Å². The second-order valence-corrected chi connectivity index (χ2v) is 9.25. The monoisotopic (exact) mass is 485 g/mol. The third-order valence-corrected chi connectivity index (χ3v) is 6.52. The average Bonchev–Trinajstić information content (AvgIpc) is 3.42. The Bertz CT molecular complexity index is 996. The lowest BCUT2D eigenvalue weighted by Gasteiger charge is -2.10. The van der Waals surface area contributed by atoms with Gasteiger partial charge in [-0.25, -0.2) is 4.98 Å². The molecule has 2 aromatic carbocycles. The van der Waals surface area contributed by atoms with E-state index in [2.05, 4.69) is 57.4 Å². The molecule has 1 atom stereocenters. The third-order valence-electron chi connectivity index (χ3n) is 5.02. The molecule has 0 bridgehead atoms. The number of hydrogen-bond donors (Lipinski definition) is 2. The molecule has 2 heterocycles. The maximum Gasteiger partial charge on any atom is 0.230 e. The molecule has 3 aromatic rings. The fraction of sp³-hybridized carbons (Fsp3) is 0.304. The molecule has 1 aliphatic heterocycles. The van der Waals surface area contributed by atoms with Crippen LogP contribution in [-0.4, -0.2) is 40.9 Å². The minimum Gasteiger partial charge on any atom is -0.376 e. The van der Waals surface area contributed by atoms with E-state index in [0.717, 1.165) is 51.6 Å². The summed E-state index contributed by atoms with van der Waals surface area (Å²) in [7, 11) is 0. The number of halogens is 1. The molecule has 156 valence electrons. The predicted octanol–water partition coefficient (Wildman–Crippen LogP) is 5.20. The van der Waals surface area contributed by atoms with Crippen LogP contribution in [0.25, 0.3) is 22.6 Å². The largest absolute Gasteiger partial charge is 0.376 e. The van der Waals surface area contributed by atoms with Gasteiger partial charge in [0.2, 0.25) is 5.91 Å². The first-order chi connectivity index (χ1) is 14.6. The number of nitrogens with one attached hydrogen (secondary N) is 2. The van der Waals surface area contributed by atoms with Crippen molar-refractivity contribution in [3.63, 3.8) is 0 Å². The first-order valence-electron chi connectivity index (χ1n) is 10.0. The SMILES string of the molecule is Cc1ccc(-c2[nH]c(-c3ccc(Br)cc3)nc2SCC(=O)NC[C@@H]2CCCO2)cc1. The van der Waals surface area contributed by atoms with Crippen molar-refractivity contribution in [2.75, 3.05) is 18.9 Å². The number of carbonyl (C=O) groups excluding carboxylic acids is 1. The zero-order chi connectivity index (χ0) is 20.9. The molecule has 30 heavy (non-hydrogen) atoms. The van der Waals surface area contributed by atoms with Crippen LogP contribution in [-0.2, 0) is 9.53 Å². The Morgan fingerprint density at radius 2 is 1.93 bits per heavy atom. The Morgan fingerprint density at radius 1 is 1.20 bits per heavy atom. The van der Waals surface area contributed by atoms with E-state index in [1.54, 1.807) is 0 Å². The highest BCUT2D eigenvalue weighted by Gasteiger charge is 2.18. The van der Waals surface area contributed by atoms with Gasteiger partial charge in [-0.15, -0.1) is 0 Å². The number of benzene rings is 2. The van der Waals surface area contributed by atoms with Crippen molar-refractivity contribution in [3.8, 4) is 22.6 Å². The first kappa shape index (κ1) is 21.2. The Balaban J connectivity index is 1.51. The van der Waals surface area contributed by atoms with Crippen molar-refractivity contribution < 1.29 is 9.53 Å². The van der Waals surface area contributed by atoms with Gasteiger partial charge < -0.3 is 15.0 Å². The highest BCUT2D eigenvalue weighted by Crippen LogP contribution is 2.33. The minimum absolute atomic E-state index is 0.00134. The summed E-state index contributed by atoms with van der Waals surface area (Å²) < 4.78 is 6.59. The van der Waals surface area contributed by atoms with E-state index in [4.69, 9.17) is 9.72 Å². The van der Waals surface area contributed by atoms with E-state index in [0.29, 0.717) is 12.3 Å². The van der Waals surface area contributed by atoms with Crippen LogP contribution < -0.4 is 5.32 Å². The summed E-state index contributed by atoms with van der Waals surface area (Å²) in [6.07, 6.45) is 2.24. The molecule has 0 radical (unpaired) electrons. The van der Waals surface area contributed by atoms with E-state index in [-0.39, 0.29) is 12.0 Å². The van der Waals surface area contributed by atoms with Crippen LogP contribution >= 0.6 is 27.7 Å². The summed E-state index contributed by atoms with van der Waals surface area (Å²) in [5.41, 5.74) is 4.19. The fourth-order valence-electron chi connectivity index (χ4n) is 3.34. The van der Waals surface area contributed by atoms with E-state index in [1.807, 2.05) is 24.3 Å². The second-order valence-electron chi connectivity index (χ2n) is 7.37. The maximum atomic E-state index is 12.3. The Morgan fingerprint density at radius 3 is 2.63 bits per heavy atom. The smallest absolute Gasteiger partial charge is 0.230 e. The molecule has 2 N–H and O–H groups in total. The number of ether oxygens (including phenoxy) is 1. The number of rotatable bonds is 7. The van der Waals surface area contributed by atoms with Gasteiger partial charge in [0.15, 0.2) is 0 Å². The molecule has 0 unspecified atom stereocenters. The van der Waals surface area contributed by atoms with Crippen LogP contribution in [0.5, 0.6) is 0 Å². The van der Waals surface area contributed by atoms with E-state index < -0.39 is 0 Å². The molecule has 4 rings (SSSR count). The summed E-state index contributed by atoms with van der Waals surface area (Å²) in [5.74, 6) is 1.11. The lowest BCUT2D eigenvalue weighted by molar-refractivity contribution is -0.119. The molecule has 0 aliphatic carbocycles. The van der Waals surface area contributed by atoms with Crippen LogP contribution in [0.2, 0.25) is 0 Å². The molecule has 5 nitrogen and oxygen atoms in total. The van der Waals surface area contributed by atoms with Gasteiger partial charge >= 0.3 is 0 Å². The summed E-state index contributed by atoms with van der Waals surface area (Å²) >= 11 is 4.92. The molecular formula is C23H24BrN3O2S. The van der Waals surface area contributed by atoms with Crippen LogP contribution in [0, 0.1) is 6.92 Å². The number of aryl methyl sites for hydroxylation is 1. The molecule has 1 amide bonds. The average molecular weight is 486 g/mol. The van der Waals surface area contributed by atoms with Crippen molar-refractivity contribution in [1.82, 2.24) is 15.3 Å². The molecule has 0 spiro atoms.